The fraction of sp³-hybridized carbons (Fsp3) is 0.174. The molecule has 0 amide bonds. The standard InChI is InChI=1S/C23H17F4N5O/c24-16-7-5-15(6-8-16)12-30-18-4-2-1-3-17(18)29-21(30)13-31-20-11-28-10-9-19(20)32(22(31)33)14-23(25,26)27/h1-11H,12-14H2. The van der Waals surface area contributed by atoms with Crippen molar-refractivity contribution < 1.29 is 17.6 Å². The van der Waals surface area contributed by atoms with E-state index in [1.165, 1.54) is 35.2 Å². The molecular formula is C23H17F4N5O. The molecule has 0 bridgehead atoms. The second-order valence-corrected chi connectivity index (χ2v) is 7.66. The number of para-hydroxylation sites is 2. The highest BCUT2D eigenvalue weighted by atomic mass is 19.4. The maximum absolute atomic E-state index is 13.4. The summed E-state index contributed by atoms with van der Waals surface area (Å²) < 4.78 is 56.6. The van der Waals surface area contributed by atoms with Gasteiger partial charge >= 0.3 is 11.9 Å². The molecule has 0 spiro atoms. The lowest BCUT2D eigenvalue weighted by atomic mass is 10.2. The van der Waals surface area contributed by atoms with Gasteiger partial charge in [-0.3, -0.25) is 14.1 Å². The maximum Gasteiger partial charge on any atom is 0.406 e. The Balaban J connectivity index is 1.64. The second kappa shape index (κ2) is 7.88. The van der Waals surface area contributed by atoms with Crippen molar-refractivity contribution in [3.8, 4) is 0 Å². The van der Waals surface area contributed by atoms with Gasteiger partial charge in [-0.25, -0.2) is 14.2 Å². The predicted molar refractivity (Wildman–Crippen MR) is 114 cm³/mol. The van der Waals surface area contributed by atoms with Crippen LogP contribution in [0.1, 0.15) is 11.4 Å². The Labute approximate surface area is 184 Å². The van der Waals surface area contributed by atoms with Crippen LogP contribution >= 0.6 is 0 Å². The van der Waals surface area contributed by atoms with E-state index in [0.717, 1.165) is 11.1 Å². The minimum atomic E-state index is -4.55. The summed E-state index contributed by atoms with van der Waals surface area (Å²) >= 11 is 0. The van der Waals surface area contributed by atoms with Gasteiger partial charge in [0.25, 0.3) is 0 Å². The largest absolute Gasteiger partial charge is 0.406 e. The second-order valence-electron chi connectivity index (χ2n) is 7.66. The number of aromatic nitrogens is 5. The number of benzene rings is 2. The Bertz CT molecular complexity index is 1510. The first-order chi connectivity index (χ1) is 15.8. The van der Waals surface area contributed by atoms with E-state index in [1.54, 1.807) is 12.1 Å². The van der Waals surface area contributed by atoms with Gasteiger partial charge in [0.05, 0.1) is 34.8 Å². The Hall–Kier alpha value is -3.95. The zero-order chi connectivity index (χ0) is 23.2. The maximum atomic E-state index is 13.4. The van der Waals surface area contributed by atoms with Crippen LogP contribution in [0.15, 0.2) is 71.8 Å². The van der Waals surface area contributed by atoms with E-state index in [2.05, 4.69) is 9.97 Å². The van der Waals surface area contributed by atoms with Crippen LogP contribution in [0.2, 0.25) is 0 Å². The van der Waals surface area contributed by atoms with E-state index >= 15 is 0 Å². The molecule has 0 fully saturated rings. The highest BCUT2D eigenvalue weighted by Crippen LogP contribution is 2.23. The molecule has 0 radical (unpaired) electrons. The monoisotopic (exact) mass is 455 g/mol. The van der Waals surface area contributed by atoms with Crippen molar-refractivity contribution in [1.82, 2.24) is 23.7 Å². The number of fused-ring (bicyclic) bond motifs is 2. The number of hydrogen-bond donors (Lipinski definition) is 0. The van der Waals surface area contributed by atoms with Gasteiger partial charge < -0.3 is 4.57 Å². The third kappa shape index (κ3) is 3.99. The average Bonchev–Trinajstić information content (AvgIpc) is 3.25. The molecule has 0 atom stereocenters. The quantitative estimate of drug-likeness (QED) is 0.371. The van der Waals surface area contributed by atoms with Crippen LogP contribution in [-0.2, 0) is 19.6 Å². The topological polar surface area (TPSA) is 57.6 Å². The summed E-state index contributed by atoms with van der Waals surface area (Å²) in [5, 5.41) is 0. The summed E-state index contributed by atoms with van der Waals surface area (Å²) in [4.78, 5) is 21.6. The minimum absolute atomic E-state index is 0.0538. The molecule has 0 saturated carbocycles. The number of pyridine rings is 1. The van der Waals surface area contributed by atoms with E-state index in [9.17, 15) is 22.4 Å². The summed E-state index contributed by atoms with van der Waals surface area (Å²) in [7, 11) is 0. The Kier molecular flexibility index (Phi) is 4.99. The highest BCUT2D eigenvalue weighted by molar-refractivity contribution is 5.77. The Morgan fingerprint density at radius 2 is 1.58 bits per heavy atom. The molecule has 6 nitrogen and oxygen atoms in total. The van der Waals surface area contributed by atoms with E-state index in [-0.39, 0.29) is 23.4 Å². The predicted octanol–water partition coefficient (Wildman–Crippen LogP) is 4.35. The molecule has 33 heavy (non-hydrogen) atoms. The molecule has 3 heterocycles. The number of hydrogen-bond acceptors (Lipinski definition) is 3. The van der Waals surface area contributed by atoms with E-state index < -0.39 is 18.4 Å². The van der Waals surface area contributed by atoms with Crippen molar-refractivity contribution in [2.75, 3.05) is 0 Å². The summed E-state index contributed by atoms with van der Waals surface area (Å²) in [5.41, 5.74) is 1.92. The molecule has 5 aromatic rings. The summed E-state index contributed by atoms with van der Waals surface area (Å²) in [6.45, 7) is -1.10. The van der Waals surface area contributed by atoms with Gasteiger partial charge in [0.2, 0.25) is 0 Å². The molecule has 3 aromatic heterocycles. The van der Waals surface area contributed by atoms with Crippen molar-refractivity contribution in [3.63, 3.8) is 0 Å². The first-order valence-electron chi connectivity index (χ1n) is 10.1. The molecule has 168 valence electrons. The van der Waals surface area contributed by atoms with Crippen LogP contribution in [-0.4, -0.2) is 29.8 Å². The molecule has 0 N–H and O–H groups in total. The van der Waals surface area contributed by atoms with Crippen molar-refractivity contribution in [2.24, 2.45) is 0 Å². The fourth-order valence-electron chi connectivity index (χ4n) is 3.99. The number of nitrogens with zero attached hydrogens (tertiary/aromatic N) is 5. The zero-order valence-corrected chi connectivity index (χ0v) is 17.1. The van der Waals surface area contributed by atoms with Crippen LogP contribution < -0.4 is 5.69 Å². The van der Waals surface area contributed by atoms with Gasteiger partial charge in [0, 0.05) is 12.7 Å². The van der Waals surface area contributed by atoms with Crippen molar-refractivity contribution >= 4 is 22.1 Å². The van der Waals surface area contributed by atoms with Gasteiger partial charge in [-0.2, -0.15) is 13.2 Å². The van der Waals surface area contributed by atoms with Crippen molar-refractivity contribution in [3.05, 3.63) is 94.7 Å². The molecule has 0 aliphatic heterocycles. The average molecular weight is 455 g/mol. The first kappa shape index (κ1) is 20.9. The van der Waals surface area contributed by atoms with Crippen molar-refractivity contribution in [2.45, 2.75) is 25.8 Å². The number of rotatable bonds is 5. The zero-order valence-electron chi connectivity index (χ0n) is 17.1. The smallest absolute Gasteiger partial charge is 0.322 e. The van der Waals surface area contributed by atoms with E-state index in [0.29, 0.717) is 22.5 Å². The van der Waals surface area contributed by atoms with E-state index in [1.807, 2.05) is 28.8 Å². The Morgan fingerprint density at radius 3 is 2.33 bits per heavy atom. The number of halogens is 4. The number of alkyl halides is 3. The lowest BCUT2D eigenvalue weighted by molar-refractivity contribution is -0.140. The van der Waals surface area contributed by atoms with Gasteiger partial charge in [0.1, 0.15) is 18.2 Å². The molecule has 10 heteroatoms. The van der Waals surface area contributed by atoms with Crippen molar-refractivity contribution in [1.29, 1.82) is 0 Å². The molecule has 5 rings (SSSR count). The third-order valence-corrected chi connectivity index (χ3v) is 5.45. The first-order valence-corrected chi connectivity index (χ1v) is 10.1. The third-order valence-electron chi connectivity index (χ3n) is 5.45. The summed E-state index contributed by atoms with van der Waals surface area (Å²) in [6, 6.07) is 14.8. The van der Waals surface area contributed by atoms with E-state index in [4.69, 9.17) is 0 Å². The van der Waals surface area contributed by atoms with Gasteiger partial charge in [-0.1, -0.05) is 24.3 Å². The van der Waals surface area contributed by atoms with Crippen LogP contribution in [0.25, 0.3) is 22.1 Å². The molecular weight excluding hydrogens is 438 g/mol. The van der Waals surface area contributed by atoms with Gasteiger partial charge in [-0.15, -0.1) is 0 Å². The minimum Gasteiger partial charge on any atom is -0.322 e. The van der Waals surface area contributed by atoms with Crippen LogP contribution in [0.5, 0.6) is 0 Å². The van der Waals surface area contributed by atoms with Crippen LogP contribution in [0.3, 0.4) is 0 Å². The van der Waals surface area contributed by atoms with Crippen LogP contribution in [0.4, 0.5) is 17.6 Å². The lowest BCUT2D eigenvalue weighted by Gasteiger charge is -2.10. The summed E-state index contributed by atoms with van der Waals surface area (Å²) in [5.74, 6) is 0.128. The molecule has 0 aliphatic carbocycles. The Morgan fingerprint density at radius 1 is 0.818 bits per heavy atom. The van der Waals surface area contributed by atoms with Gasteiger partial charge in [0.15, 0.2) is 0 Å². The number of imidazole rings is 2. The van der Waals surface area contributed by atoms with Crippen LogP contribution in [0, 0.1) is 5.82 Å². The molecule has 0 saturated heterocycles. The highest BCUT2D eigenvalue weighted by Gasteiger charge is 2.31. The fourth-order valence-corrected chi connectivity index (χ4v) is 3.99. The lowest BCUT2D eigenvalue weighted by Crippen LogP contribution is -2.30. The SMILES string of the molecule is O=c1n(Cc2nc3ccccc3n2Cc2ccc(F)cc2)c2cnccc2n1CC(F)(F)F. The summed E-state index contributed by atoms with van der Waals surface area (Å²) in [6.07, 6.45) is -1.83. The molecule has 0 aliphatic rings. The van der Waals surface area contributed by atoms with Gasteiger partial charge in [-0.05, 0) is 35.9 Å². The molecule has 0 unspecified atom stereocenters. The normalized spacial score (nSPS) is 12.1. The molecule has 2 aromatic carbocycles.